The Hall–Kier alpha value is -2.84. The lowest BCUT2D eigenvalue weighted by molar-refractivity contribution is 0.0485. The second kappa shape index (κ2) is 9.32. The monoisotopic (exact) mass is 410 g/mol. The van der Waals surface area contributed by atoms with Gasteiger partial charge in [0, 0.05) is 25.4 Å². The van der Waals surface area contributed by atoms with Crippen molar-refractivity contribution in [1.29, 1.82) is 0 Å². The molecule has 3 rings (SSSR count). The van der Waals surface area contributed by atoms with Crippen LogP contribution in [0.3, 0.4) is 0 Å². The molecule has 1 atom stereocenters. The standard InChI is InChI=1S/C22H30N6O2/c1-4-22(2,30)18-9-8-15(13-25-18)16-12-17-19(21(29)28(3)14-26-17)20(27-16)24-11-7-5-6-10-23/h8-9,12-14,30H,4-7,10-11,23H2,1-3H3,(H,24,27). The first-order valence-corrected chi connectivity index (χ1v) is 10.4. The first-order valence-electron chi connectivity index (χ1n) is 10.4. The van der Waals surface area contributed by atoms with Crippen molar-refractivity contribution >= 4 is 16.7 Å². The van der Waals surface area contributed by atoms with Gasteiger partial charge in [-0.2, -0.15) is 0 Å². The smallest absolute Gasteiger partial charge is 0.264 e. The van der Waals surface area contributed by atoms with Crippen molar-refractivity contribution in [2.24, 2.45) is 12.8 Å². The number of nitrogens with two attached hydrogens (primary N) is 1. The highest BCUT2D eigenvalue weighted by molar-refractivity contribution is 5.91. The lowest BCUT2D eigenvalue weighted by Crippen LogP contribution is -2.21. The zero-order chi connectivity index (χ0) is 21.7. The molecule has 4 N–H and O–H groups in total. The molecule has 160 valence electrons. The van der Waals surface area contributed by atoms with Crippen molar-refractivity contribution in [3.05, 3.63) is 46.8 Å². The molecule has 8 nitrogen and oxygen atoms in total. The Balaban J connectivity index is 1.99. The summed E-state index contributed by atoms with van der Waals surface area (Å²) in [6.45, 7) is 5.03. The number of aryl methyl sites for hydroxylation is 1. The summed E-state index contributed by atoms with van der Waals surface area (Å²) in [4.78, 5) is 26.3. The van der Waals surface area contributed by atoms with Crippen molar-refractivity contribution in [1.82, 2.24) is 19.5 Å². The number of rotatable bonds is 9. The number of aromatic nitrogens is 4. The van der Waals surface area contributed by atoms with Gasteiger partial charge in [0.2, 0.25) is 0 Å². The normalized spacial score (nSPS) is 13.4. The molecule has 30 heavy (non-hydrogen) atoms. The molecule has 0 amide bonds. The molecule has 1 unspecified atom stereocenters. The van der Waals surface area contributed by atoms with E-state index in [4.69, 9.17) is 10.7 Å². The lowest BCUT2D eigenvalue weighted by atomic mass is 9.98. The van der Waals surface area contributed by atoms with E-state index in [0.29, 0.717) is 47.6 Å². The maximum absolute atomic E-state index is 12.7. The Morgan fingerprint density at radius 3 is 2.70 bits per heavy atom. The Labute approximate surface area is 176 Å². The first-order chi connectivity index (χ1) is 14.4. The summed E-state index contributed by atoms with van der Waals surface area (Å²) in [6.07, 6.45) is 6.70. The highest BCUT2D eigenvalue weighted by Gasteiger charge is 2.22. The van der Waals surface area contributed by atoms with Gasteiger partial charge in [0.25, 0.3) is 5.56 Å². The van der Waals surface area contributed by atoms with Gasteiger partial charge in [0.05, 0.1) is 23.2 Å². The zero-order valence-corrected chi connectivity index (χ0v) is 17.9. The Bertz CT molecular complexity index is 1060. The summed E-state index contributed by atoms with van der Waals surface area (Å²) in [6, 6.07) is 5.49. The average Bonchev–Trinajstić information content (AvgIpc) is 2.76. The van der Waals surface area contributed by atoms with Gasteiger partial charge in [-0.25, -0.2) is 9.97 Å². The molecule has 3 aromatic rings. The van der Waals surface area contributed by atoms with Crippen LogP contribution in [0.4, 0.5) is 5.82 Å². The molecule has 0 aliphatic heterocycles. The summed E-state index contributed by atoms with van der Waals surface area (Å²) in [5.74, 6) is 0.522. The van der Waals surface area contributed by atoms with E-state index < -0.39 is 5.60 Å². The quantitative estimate of drug-likeness (QED) is 0.464. The largest absolute Gasteiger partial charge is 0.384 e. The second-order valence-corrected chi connectivity index (χ2v) is 7.75. The van der Waals surface area contributed by atoms with E-state index in [2.05, 4.69) is 15.3 Å². The van der Waals surface area contributed by atoms with Gasteiger partial charge < -0.3 is 20.7 Å². The molecule has 0 aromatic carbocycles. The fourth-order valence-electron chi connectivity index (χ4n) is 3.20. The SMILES string of the molecule is CCC(C)(O)c1ccc(-c2cc3ncn(C)c(=O)c3c(NCCCCCN)n2)cn1. The molecule has 3 aromatic heterocycles. The summed E-state index contributed by atoms with van der Waals surface area (Å²) >= 11 is 0. The summed E-state index contributed by atoms with van der Waals surface area (Å²) < 4.78 is 1.45. The van der Waals surface area contributed by atoms with Gasteiger partial charge in [0.15, 0.2) is 0 Å². The van der Waals surface area contributed by atoms with E-state index in [1.54, 1.807) is 26.2 Å². The van der Waals surface area contributed by atoms with Crippen molar-refractivity contribution < 1.29 is 5.11 Å². The maximum atomic E-state index is 12.7. The molecule has 3 heterocycles. The van der Waals surface area contributed by atoms with Crippen LogP contribution in [0.15, 0.2) is 35.5 Å². The molecular weight excluding hydrogens is 380 g/mol. The van der Waals surface area contributed by atoms with Crippen molar-refractivity contribution in [2.75, 3.05) is 18.4 Å². The van der Waals surface area contributed by atoms with E-state index in [-0.39, 0.29) is 5.56 Å². The Morgan fingerprint density at radius 1 is 1.23 bits per heavy atom. The molecule has 0 radical (unpaired) electrons. The molecule has 0 aliphatic carbocycles. The topological polar surface area (TPSA) is 119 Å². The Morgan fingerprint density at radius 2 is 2.03 bits per heavy atom. The van der Waals surface area contributed by atoms with Crippen LogP contribution in [0.2, 0.25) is 0 Å². The van der Waals surface area contributed by atoms with Crippen LogP contribution in [0, 0.1) is 0 Å². The zero-order valence-electron chi connectivity index (χ0n) is 17.9. The number of hydrogen-bond acceptors (Lipinski definition) is 7. The second-order valence-electron chi connectivity index (χ2n) is 7.75. The van der Waals surface area contributed by atoms with Crippen LogP contribution in [0.25, 0.3) is 22.2 Å². The molecule has 0 fully saturated rings. The molecule has 0 saturated heterocycles. The van der Waals surface area contributed by atoms with Gasteiger partial charge in [-0.1, -0.05) is 13.3 Å². The van der Waals surface area contributed by atoms with Crippen molar-refractivity contribution in [3.8, 4) is 11.3 Å². The van der Waals surface area contributed by atoms with Crippen LogP contribution < -0.4 is 16.6 Å². The van der Waals surface area contributed by atoms with Gasteiger partial charge in [0.1, 0.15) is 16.8 Å². The van der Waals surface area contributed by atoms with Crippen LogP contribution in [-0.2, 0) is 12.6 Å². The van der Waals surface area contributed by atoms with E-state index in [1.165, 1.54) is 10.9 Å². The third kappa shape index (κ3) is 4.66. The first kappa shape index (κ1) is 21.9. The summed E-state index contributed by atoms with van der Waals surface area (Å²) in [7, 11) is 1.68. The summed E-state index contributed by atoms with van der Waals surface area (Å²) in [5, 5.41) is 14.2. The van der Waals surface area contributed by atoms with Crippen molar-refractivity contribution in [2.45, 2.75) is 45.1 Å². The number of pyridine rings is 2. The number of aliphatic hydroxyl groups is 1. The van der Waals surface area contributed by atoms with Crippen LogP contribution in [-0.4, -0.2) is 37.7 Å². The lowest BCUT2D eigenvalue weighted by Gasteiger charge is -2.20. The molecule has 0 aliphatic rings. The molecule has 0 bridgehead atoms. The van der Waals surface area contributed by atoms with E-state index in [0.717, 1.165) is 24.8 Å². The predicted octanol–water partition coefficient (Wildman–Crippen LogP) is 2.55. The van der Waals surface area contributed by atoms with E-state index >= 15 is 0 Å². The molecule has 0 spiro atoms. The van der Waals surface area contributed by atoms with Crippen LogP contribution in [0.5, 0.6) is 0 Å². The molecule has 0 saturated carbocycles. The van der Waals surface area contributed by atoms with Crippen LogP contribution in [0.1, 0.15) is 45.2 Å². The minimum atomic E-state index is -0.973. The highest BCUT2D eigenvalue weighted by atomic mass is 16.3. The number of anilines is 1. The molecule has 8 heteroatoms. The number of fused-ring (bicyclic) bond motifs is 1. The summed E-state index contributed by atoms with van der Waals surface area (Å²) in [5.41, 5.74) is 7.09. The minimum absolute atomic E-state index is 0.143. The Kier molecular flexibility index (Phi) is 6.79. The number of hydrogen-bond donors (Lipinski definition) is 3. The van der Waals surface area contributed by atoms with Gasteiger partial charge in [-0.15, -0.1) is 0 Å². The van der Waals surface area contributed by atoms with E-state index in [9.17, 15) is 9.90 Å². The fourth-order valence-corrected chi connectivity index (χ4v) is 3.20. The number of nitrogens with one attached hydrogen (secondary N) is 1. The minimum Gasteiger partial charge on any atom is -0.384 e. The highest BCUT2D eigenvalue weighted by Crippen LogP contribution is 2.27. The fraction of sp³-hybridized carbons (Fsp3) is 0.455. The van der Waals surface area contributed by atoms with Gasteiger partial charge in [-0.3, -0.25) is 9.78 Å². The molecular formula is C22H30N6O2. The number of nitrogens with zero attached hydrogens (tertiary/aromatic N) is 4. The van der Waals surface area contributed by atoms with E-state index in [1.807, 2.05) is 19.1 Å². The third-order valence-electron chi connectivity index (χ3n) is 5.38. The van der Waals surface area contributed by atoms with Crippen LogP contribution >= 0.6 is 0 Å². The van der Waals surface area contributed by atoms with Gasteiger partial charge >= 0.3 is 0 Å². The number of unbranched alkanes of at least 4 members (excludes halogenated alkanes) is 2. The predicted molar refractivity (Wildman–Crippen MR) is 119 cm³/mol. The third-order valence-corrected chi connectivity index (χ3v) is 5.38. The van der Waals surface area contributed by atoms with Crippen molar-refractivity contribution in [3.63, 3.8) is 0 Å². The average molecular weight is 411 g/mol. The van der Waals surface area contributed by atoms with Gasteiger partial charge in [-0.05, 0) is 50.9 Å². The maximum Gasteiger partial charge on any atom is 0.264 e.